The van der Waals surface area contributed by atoms with Crippen molar-refractivity contribution in [2.45, 2.75) is 63.3 Å². The minimum absolute atomic E-state index is 0.0181. The Hall–Kier alpha value is -2.26. The van der Waals surface area contributed by atoms with Crippen molar-refractivity contribution in [3.8, 4) is 0 Å². The predicted octanol–water partition coefficient (Wildman–Crippen LogP) is 3.40. The Morgan fingerprint density at radius 2 is 1.96 bits per heavy atom. The molecule has 28 heavy (non-hydrogen) atoms. The number of benzene rings is 1. The number of anilines is 1. The molecule has 2 aromatic rings. The first-order valence-corrected chi connectivity index (χ1v) is 11.0. The van der Waals surface area contributed by atoms with Crippen LogP contribution in [0.3, 0.4) is 0 Å². The lowest BCUT2D eigenvalue weighted by Gasteiger charge is -2.34. The van der Waals surface area contributed by atoms with Gasteiger partial charge in [-0.1, -0.05) is 32.3 Å². The number of hydrogen-bond donors (Lipinski definition) is 1. The molecule has 9 heteroatoms. The van der Waals surface area contributed by atoms with E-state index in [2.05, 4.69) is 15.5 Å². The number of piperidine rings is 1. The molecule has 1 amide bonds. The summed E-state index contributed by atoms with van der Waals surface area (Å²) in [6.07, 6.45) is 3.61. The van der Waals surface area contributed by atoms with E-state index in [0.29, 0.717) is 18.0 Å². The van der Waals surface area contributed by atoms with Gasteiger partial charge in [0.25, 0.3) is 5.91 Å². The van der Waals surface area contributed by atoms with Gasteiger partial charge in [-0.15, -0.1) is 5.10 Å². The van der Waals surface area contributed by atoms with Crippen LogP contribution < -0.4 is 5.32 Å². The molecule has 0 bridgehead atoms. The molecule has 1 N–H and O–H groups in total. The summed E-state index contributed by atoms with van der Waals surface area (Å²) in [5, 5.41) is 10.2. The standard InChI is InChI=1S/C19H26N4O4S/c1-4-15-7-5-6-12-23(15)28(25,26)16-10-8-14(9-11-16)17(24)20-19-22-21-18(27-19)13(2)3/h8-11,13,15H,4-7,12H2,1-3H3,(H,20,22,24)/t15-/m0/s1. The summed E-state index contributed by atoms with van der Waals surface area (Å²) >= 11 is 0. The van der Waals surface area contributed by atoms with E-state index in [9.17, 15) is 13.2 Å². The quantitative estimate of drug-likeness (QED) is 0.788. The Bertz CT molecular complexity index is 922. The zero-order valence-corrected chi connectivity index (χ0v) is 17.2. The number of carbonyl (C=O) groups excluding carboxylic acids is 1. The summed E-state index contributed by atoms with van der Waals surface area (Å²) in [5.41, 5.74) is 0.314. The molecule has 8 nitrogen and oxygen atoms in total. The van der Waals surface area contributed by atoms with Gasteiger partial charge in [0, 0.05) is 24.1 Å². The fraction of sp³-hybridized carbons (Fsp3) is 0.526. The SMILES string of the molecule is CC[C@H]1CCCCN1S(=O)(=O)c1ccc(C(=O)Nc2nnc(C(C)C)o2)cc1. The zero-order valence-electron chi connectivity index (χ0n) is 16.4. The molecule has 1 aromatic carbocycles. The van der Waals surface area contributed by atoms with E-state index in [4.69, 9.17) is 4.42 Å². The molecule has 1 aliphatic rings. The second-order valence-corrected chi connectivity index (χ2v) is 9.14. The smallest absolute Gasteiger partial charge is 0.322 e. The molecule has 1 atom stereocenters. The monoisotopic (exact) mass is 406 g/mol. The van der Waals surface area contributed by atoms with Gasteiger partial charge in [-0.05, 0) is 43.5 Å². The number of amides is 1. The molecule has 0 spiro atoms. The topological polar surface area (TPSA) is 105 Å². The molecule has 0 aliphatic carbocycles. The van der Waals surface area contributed by atoms with Crippen LogP contribution in [0.2, 0.25) is 0 Å². The molecule has 0 radical (unpaired) electrons. The van der Waals surface area contributed by atoms with Crippen molar-refractivity contribution in [3.05, 3.63) is 35.7 Å². The van der Waals surface area contributed by atoms with Crippen LogP contribution >= 0.6 is 0 Å². The van der Waals surface area contributed by atoms with Crippen molar-refractivity contribution in [3.63, 3.8) is 0 Å². The summed E-state index contributed by atoms with van der Waals surface area (Å²) in [4.78, 5) is 12.6. The first-order valence-electron chi connectivity index (χ1n) is 9.59. The molecule has 3 rings (SSSR count). The van der Waals surface area contributed by atoms with Crippen LogP contribution in [0, 0.1) is 0 Å². The minimum atomic E-state index is -3.57. The third kappa shape index (κ3) is 4.25. The summed E-state index contributed by atoms with van der Waals surface area (Å²) < 4.78 is 32.9. The second-order valence-electron chi connectivity index (χ2n) is 7.25. The van der Waals surface area contributed by atoms with Crippen molar-refractivity contribution in [2.24, 2.45) is 0 Å². The Balaban J connectivity index is 1.74. The van der Waals surface area contributed by atoms with E-state index in [1.807, 2.05) is 20.8 Å². The lowest BCUT2D eigenvalue weighted by molar-refractivity contribution is 0.102. The zero-order chi connectivity index (χ0) is 20.3. The van der Waals surface area contributed by atoms with Crippen LogP contribution in [0.5, 0.6) is 0 Å². The molecular weight excluding hydrogens is 380 g/mol. The van der Waals surface area contributed by atoms with Gasteiger partial charge in [0.05, 0.1) is 4.90 Å². The van der Waals surface area contributed by atoms with Crippen molar-refractivity contribution >= 4 is 21.9 Å². The number of rotatable bonds is 6. The summed E-state index contributed by atoms with van der Waals surface area (Å²) in [5.74, 6) is 0.0560. The molecule has 0 saturated carbocycles. The second kappa shape index (κ2) is 8.40. The van der Waals surface area contributed by atoms with E-state index < -0.39 is 15.9 Å². The molecule has 1 aromatic heterocycles. The number of sulfonamides is 1. The van der Waals surface area contributed by atoms with Gasteiger partial charge in [-0.25, -0.2) is 8.42 Å². The molecule has 1 aliphatic heterocycles. The average molecular weight is 407 g/mol. The van der Waals surface area contributed by atoms with Crippen molar-refractivity contribution < 1.29 is 17.6 Å². The Morgan fingerprint density at radius 1 is 1.25 bits per heavy atom. The predicted molar refractivity (Wildman–Crippen MR) is 105 cm³/mol. The van der Waals surface area contributed by atoms with Gasteiger partial charge in [0.1, 0.15) is 0 Å². The van der Waals surface area contributed by atoms with Gasteiger partial charge in [0.15, 0.2) is 0 Å². The highest BCUT2D eigenvalue weighted by atomic mass is 32.2. The van der Waals surface area contributed by atoms with Crippen molar-refractivity contribution in [2.75, 3.05) is 11.9 Å². The molecular formula is C19H26N4O4S. The maximum Gasteiger partial charge on any atom is 0.322 e. The lowest BCUT2D eigenvalue weighted by Crippen LogP contribution is -2.43. The fourth-order valence-electron chi connectivity index (χ4n) is 3.30. The first-order chi connectivity index (χ1) is 13.3. The largest absolute Gasteiger partial charge is 0.408 e. The van der Waals surface area contributed by atoms with E-state index in [0.717, 1.165) is 25.7 Å². The highest BCUT2D eigenvalue weighted by Crippen LogP contribution is 2.27. The molecule has 1 fully saturated rings. The number of carbonyl (C=O) groups is 1. The van der Waals surface area contributed by atoms with Crippen LogP contribution in [0.1, 0.15) is 68.6 Å². The third-order valence-corrected chi connectivity index (χ3v) is 6.89. The number of nitrogens with zero attached hydrogens (tertiary/aromatic N) is 3. The highest BCUT2D eigenvalue weighted by Gasteiger charge is 2.32. The highest BCUT2D eigenvalue weighted by molar-refractivity contribution is 7.89. The fourth-order valence-corrected chi connectivity index (χ4v) is 5.07. The van der Waals surface area contributed by atoms with E-state index in [-0.39, 0.29) is 22.9 Å². The number of hydrogen-bond acceptors (Lipinski definition) is 6. The van der Waals surface area contributed by atoms with Crippen LogP contribution in [0.4, 0.5) is 6.01 Å². The molecule has 152 valence electrons. The van der Waals surface area contributed by atoms with Crippen molar-refractivity contribution in [1.82, 2.24) is 14.5 Å². The van der Waals surface area contributed by atoms with E-state index in [1.165, 1.54) is 24.3 Å². The molecule has 2 heterocycles. The van der Waals surface area contributed by atoms with Crippen LogP contribution in [0.15, 0.2) is 33.6 Å². The molecule has 0 unspecified atom stereocenters. The van der Waals surface area contributed by atoms with Gasteiger partial charge in [0.2, 0.25) is 15.9 Å². The lowest BCUT2D eigenvalue weighted by atomic mass is 10.0. The van der Waals surface area contributed by atoms with Crippen LogP contribution in [-0.4, -0.2) is 41.4 Å². The van der Waals surface area contributed by atoms with Crippen LogP contribution in [0.25, 0.3) is 0 Å². The Morgan fingerprint density at radius 3 is 2.57 bits per heavy atom. The summed E-state index contributed by atoms with van der Waals surface area (Å²) in [7, 11) is -3.57. The maximum absolute atomic E-state index is 13.0. The summed E-state index contributed by atoms with van der Waals surface area (Å²) in [6, 6.07) is 5.98. The van der Waals surface area contributed by atoms with Gasteiger partial charge < -0.3 is 4.42 Å². The van der Waals surface area contributed by atoms with Gasteiger partial charge >= 0.3 is 6.01 Å². The third-order valence-electron chi connectivity index (χ3n) is 4.92. The van der Waals surface area contributed by atoms with Crippen LogP contribution in [-0.2, 0) is 10.0 Å². The first kappa shape index (κ1) is 20.5. The summed E-state index contributed by atoms with van der Waals surface area (Å²) in [6.45, 7) is 6.36. The number of aromatic nitrogens is 2. The average Bonchev–Trinajstić information content (AvgIpc) is 3.17. The Kier molecular flexibility index (Phi) is 6.14. The van der Waals surface area contributed by atoms with E-state index >= 15 is 0 Å². The van der Waals surface area contributed by atoms with E-state index in [1.54, 1.807) is 4.31 Å². The van der Waals surface area contributed by atoms with Gasteiger partial charge in [-0.3, -0.25) is 10.1 Å². The van der Waals surface area contributed by atoms with Crippen molar-refractivity contribution in [1.29, 1.82) is 0 Å². The maximum atomic E-state index is 13.0. The molecule has 1 saturated heterocycles. The van der Waals surface area contributed by atoms with Gasteiger partial charge in [-0.2, -0.15) is 4.31 Å². The Labute approximate surface area is 165 Å². The number of nitrogens with one attached hydrogen (secondary N) is 1. The minimum Gasteiger partial charge on any atom is -0.408 e. The normalized spacial score (nSPS) is 18.4.